The SMILES string of the molecule is CC(CNC(=O)c1ccc(Cl)cc1Cl)CN1CCOCC1. The van der Waals surface area contributed by atoms with Crippen LogP contribution < -0.4 is 5.32 Å². The minimum atomic E-state index is -0.162. The van der Waals surface area contributed by atoms with Crippen LogP contribution in [0.15, 0.2) is 18.2 Å². The van der Waals surface area contributed by atoms with Crippen LogP contribution in [0.1, 0.15) is 17.3 Å². The van der Waals surface area contributed by atoms with E-state index >= 15 is 0 Å². The van der Waals surface area contributed by atoms with E-state index in [4.69, 9.17) is 27.9 Å². The number of carbonyl (C=O) groups is 1. The van der Waals surface area contributed by atoms with Crippen molar-refractivity contribution in [2.45, 2.75) is 6.92 Å². The van der Waals surface area contributed by atoms with Gasteiger partial charge >= 0.3 is 0 Å². The minimum absolute atomic E-state index is 0.162. The Morgan fingerprint density at radius 2 is 2.10 bits per heavy atom. The van der Waals surface area contributed by atoms with Gasteiger partial charge in [0.05, 0.1) is 23.8 Å². The molecule has 1 aliphatic heterocycles. The van der Waals surface area contributed by atoms with Gasteiger partial charge in [0.2, 0.25) is 0 Å². The third-order valence-corrected chi connectivity index (χ3v) is 4.01. The molecule has 0 bridgehead atoms. The lowest BCUT2D eigenvalue weighted by molar-refractivity contribution is 0.0317. The topological polar surface area (TPSA) is 41.6 Å². The van der Waals surface area contributed by atoms with Gasteiger partial charge in [-0.25, -0.2) is 0 Å². The van der Waals surface area contributed by atoms with Crippen molar-refractivity contribution in [1.82, 2.24) is 10.2 Å². The van der Waals surface area contributed by atoms with Gasteiger partial charge in [0.15, 0.2) is 0 Å². The molecule has 1 amide bonds. The standard InChI is InChI=1S/C15H20Cl2N2O2/c1-11(10-19-4-6-21-7-5-19)9-18-15(20)13-3-2-12(16)8-14(13)17/h2-3,8,11H,4-7,9-10H2,1H3,(H,18,20). The lowest BCUT2D eigenvalue weighted by Gasteiger charge is -2.29. The number of morpholine rings is 1. The Kier molecular flexibility index (Phi) is 6.30. The second kappa shape index (κ2) is 7.99. The van der Waals surface area contributed by atoms with Gasteiger partial charge in [-0.1, -0.05) is 30.1 Å². The van der Waals surface area contributed by atoms with Crippen LogP contribution in [0.3, 0.4) is 0 Å². The number of amides is 1. The van der Waals surface area contributed by atoms with Gasteiger partial charge in [0.1, 0.15) is 0 Å². The highest BCUT2D eigenvalue weighted by Gasteiger charge is 2.15. The van der Waals surface area contributed by atoms with Crippen molar-refractivity contribution < 1.29 is 9.53 Å². The first-order chi connectivity index (χ1) is 10.1. The molecule has 4 nitrogen and oxygen atoms in total. The number of rotatable bonds is 5. The van der Waals surface area contributed by atoms with E-state index in [2.05, 4.69) is 17.1 Å². The molecule has 0 aromatic heterocycles. The lowest BCUT2D eigenvalue weighted by atomic mass is 10.1. The first kappa shape index (κ1) is 16.6. The quantitative estimate of drug-likeness (QED) is 0.902. The number of nitrogens with zero attached hydrogens (tertiary/aromatic N) is 1. The number of hydrogen-bond acceptors (Lipinski definition) is 3. The molecule has 1 unspecified atom stereocenters. The van der Waals surface area contributed by atoms with Gasteiger partial charge in [-0.2, -0.15) is 0 Å². The van der Waals surface area contributed by atoms with Crippen molar-refractivity contribution in [1.29, 1.82) is 0 Å². The second-order valence-corrected chi connectivity index (χ2v) is 6.20. The minimum Gasteiger partial charge on any atom is -0.379 e. The summed E-state index contributed by atoms with van der Waals surface area (Å²) in [5.74, 6) is 0.212. The fourth-order valence-corrected chi connectivity index (χ4v) is 2.82. The Balaban J connectivity index is 1.80. The Morgan fingerprint density at radius 1 is 1.38 bits per heavy atom. The van der Waals surface area contributed by atoms with Crippen LogP contribution in [0.2, 0.25) is 10.0 Å². The van der Waals surface area contributed by atoms with E-state index in [1.165, 1.54) is 0 Å². The molecule has 0 aliphatic carbocycles. The fraction of sp³-hybridized carbons (Fsp3) is 0.533. The van der Waals surface area contributed by atoms with Gasteiger partial charge < -0.3 is 10.1 Å². The molecule has 6 heteroatoms. The molecule has 1 aliphatic rings. The molecule has 0 saturated carbocycles. The van der Waals surface area contributed by atoms with Crippen LogP contribution in [0, 0.1) is 5.92 Å². The molecule has 0 spiro atoms. The second-order valence-electron chi connectivity index (χ2n) is 5.35. The predicted octanol–water partition coefficient (Wildman–Crippen LogP) is 2.69. The maximum absolute atomic E-state index is 12.1. The first-order valence-corrected chi connectivity index (χ1v) is 7.85. The van der Waals surface area contributed by atoms with Crippen molar-refractivity contribution >= 4 is 29.1 Å². The zero-order valence-corrected chi connectivity index (χ0v) is 13.6. The summed E-state index contributed by atoms with van der Waals surface area (Å²) in [6, 6.07) is 4.89. The Bertz CT molecular complexity index is 491. The summed E-state index contributed by atoms with van der Waals surface area (Å²) in [5.41, 5.74) is 0.458. The molecular weight excluding hydrogens is 311 g/mol. The third-order valence-electron chi connectivity index (χ3n) is 3.46. The van der Waals surface area contributed by atoms with Crippen molar-refractivity contribution in [2.24, 2.45) is 5.92 Å². The molecule has 2 rings (SSSR count). The summed E-state index contributed by atoms with van der Waals surface area (Å²) in [6.07, 6.45) is 0. The number of nitrogens with one attached hydrogen (secondary N) is 1. The zero-order chi connectivity index (χ0) is 15.2. The smallest absolute Gasteiger partial charge is 0.252 e. The maximum atomic E-state index is 12.1. The molecule has 1 fully saturated rings. The van der Waals surface area contributed by atoms with E-state index in [1.807, 2.05) is 0 Å². The van der Waals surface area contributed by atoms with E-state index in [0.717, 1.165) is 32.8 Å². The van der Waals surface area contributed by atoms with Crippen LogP contribution in [-0.2, 0) is 4.74 Å². The van der Waals surface area contributed by atoms with E-state index in [-0.39, 0.29) is 5.91 Å². The third kappa shape index (κ3) is 5.15. The molecule has 1 aromatic carbocycles. The summed E-state index contributed by atoms with van der Waals surface area (Å²) >= 11 is 11.9. The average Bonchev–Trinajstić information content (AvgIpc) is 2.46. The highest BCUT2D eigenvalue weighted by atomic mass is 35.5. The lowest BCUT2D eigenvalue weighted by Crippen LogP contribution is -2.41. The normalized spacial score (nSPS) is 17.5. The molecule has 0 radical (unpaired) electrons. The molecule has 116 valence electrons. The number of halogens is 2. The largest absolute Gasteiger partial charge is 0.379 e. The number of hydrogen-bond donors (Lipinski definition) is 1. The summed E-state index contributed by atoms with van der Waals surface area (Å²) in [7, 11) is 0. The Labute approximate surface area is 135 Å². The number of carbonyl (C=O) groups excluding carboxylic acids is 1. The molecule has 1 N–H and O–H groups in total. The van der Waals surface area contributed by atoms with Crippen molar-refractivity contribution in [2.75, 3.05) is 39.4 Å². The summed E-state index contributed by atoms with van der Waals surface area (Å²) in [6.45, 7) is 7.20. The van der Waals surface area contributed by atoms with E-state index in [1.54, 1.807) is 18.2 Å². The Morgan fingerprint density at radius 3 is 2.76 bits per heavy atom. The van der Waals surface area contributed by atoms with Crippen LogP contribution in [0.25, 0.3) is 0 Å². The van der Waals surface area contributed by atoms with Crippen LogP contribution in [0.5, 0.6) is 0 Å². The summed E-state index contributed by atoms with van der Waals surface area (Å²) in [5, 5.41) is 3.83. The molecule has 1 heterocycles. The highest BCUT2D eigenvalue weighted by molar-refractivity contribution is 6.36. The Hall–Kier alpha value is -0.810. The van der Waals surface area contributed by atoms with Crippen LogP contribution in [0.4, 0.5) is 0 Å². The first-order valence-electron chi connectivity index (χ1n) is 7.09. The van der Waals surface area contributed by atoms with Gasteiger partial charge in [0, 0.05) is 31.2 Å². The number of ether oxygens (including phenoxy) is 1. The van der Waals surface area contributed by atoms with Crippen molar-refractivity contribution in [3.8, 4) is 0 Å². The van der Waals surface area contributed by atoms with E-state index < -0.39 is 0 Å². The van der Waals surface area contributed by atoms with E-state index in [0.29, 0.717) is 28.1 Å². The van der Waals surface area contributed by atoms with Gasteiger partial charge in [-0.3, -0.25) is 9.69 Å². The maximum Gasteiger partial charge on any atom is 0.252 e. The van der Waals surface area contributed by atoms with Gasteiger partial charge in [0.25, 0.3) is 5.91 Å². The molecule has 1 saturated heterocycles. The highest BCUT2D eigenvalue weighted by Crippen LogP contribution is 2.20. The molecule has 1 atom stereocenters. The van der Waals surface area contributed by atoms with Crippen LogP contribution >= 0.6 is 23.2 Å². The molecule has 21 heavy (non-hydrogen) atoms. The molecular formula is C15H20Cl2N2O2. The van der Waals surface area contributed by atoms with Crippen LogP contribution in [-0.4, -0.2) is 50.2 Å². The van der Waals surface area contributed by atoms with Gasteiger partial charge in [-0.05, 0) is 24.1 Å². The van der Waals surface area contributed by atoms with E-state index in [9.17, 15) is 4.79 Å². The molecule has 1 aromatic rings. The fourth-order valence-electron chi connectivity index (χ4n) is 2.32. The average molecular weight is 331 g/mol. The monoisotopic (exact) mass is 330 g/mol. The van der Waals surface area contributed by atoms with Gasteiger partial charge in [-0.15, -0.1) is 0 Å². The summed E-state index contributed by atoms with van der Waals surface area (Å²) in [4.78, 5) is 14.5. The van der Waals surface area contributed by atoms with Crippen molar-refractivity contribution in [3.63, 3.8) is 0 Å². The predicted molar refractivity (Wildman–Crippen MR) is 85.2 cm³/mol. The number of benzene rings is 1. The zero-order valence-electron chi connectivity index (χ0n) is 12.1. The van der Waals surface area contributed by atoms with Crippen molar-refractivity contribution in [3.05, 3.63) is 33.8 Å². The summed E-state index contributed by atoms with van der Waals surface area (Å²) < 4.78 is 5.32.